The van der Waals surface area contributed by atoms with Crippen molar-refractivity contribution in [3.63, 3.8) is 0 Å². The van der Waals surface area contributed by atoms with E-state index in [4.69, 9.17) is 11.5 Å². The topological polar surface area (TPSA) is 52.0 Å². The molecule has 0 aliphatic heterocycles. The summed E-state index contributed by atoms with van der Waals surface area (Å²) >= 11 is 0. The lowest BCUT2D eigenvalue weighted by Crippen LogP contribution is -2.38. The average molecular weight is 315 g/mol. The Bertz CT molecular complexity index is 545. The quantitative estimate of drug-likeness (QED) is 0.766. The zero-order valence-electron chi connectivity index (χ0n) is 12.4. The molecule has 0 aromatic heterocycles. The van der Waals surface area contributed by atoms with Crippen molar-refractivity contribution in [2.24, 2.45) is 11.1 Å². The van der Waals surface area contributed by atoms with Crippen LogP contribution in [0.4, 0.5) is 5.69 Å². The van der Waals surface area contributed by atoms with Crippen LogP contribution in [0.15, 0.2) is 35.9 Å². The molecule has 0 saturated heterocycles. The first-order chi connectivity index (χ1) is 8.31. The van der Waals surface area contributed by atoms with Gasteiger partial charge in [0.2, 0.25) is 0 Å². The van der Waals surface area contributed by atoms with Gasteiger partial charge in [-0.1, -0.05) is 37.6 Å². The molecule has 2 nitrogen and oxygen atoms in total. The van der Waals surface area contributed by atoms with Gasteiger partial charge in [-0.25, -0.2) is 0 Å². The molecule has 1 atom stereocenters. The molecule has 1 aliphatic carbocycles. The molecule has 0 saturated carbocycles. The lowest BCUT2D eigenvalue weighted by molar-refractivity contribution is 0.407. The number of benzene rings is 1. The van der Waals surface area contributed by atoms with E-state index in [9.17, 15) is 0 Å². The van der Waals surface area contributed by atoms with Crippen LogP contribution in [0.3, 0.4) is 0 Å². The van der Waals surface area contributed by atoms with Gasteiger partial charge < -0.3 is 11.5 Å². The van der Waals surface area contributed by atoms with E-state index in [0.717, 1.165) is 11.3 Å². The summed E-state index contributed by atoms with van der Waals surface area (Å²) in [6.45, 7) is 8.50. The number of anilines is 1. The zero-order valence-corrected chi connectivity index (χ0v) is 14.1. The molecule has 0 heterocycles. The maximum atomic E-state index is 6.22. The third kappa shape index (κ3) is 3.57. The number of aryl methyl sites for hydroxylation is 1. The lowest BCUT2D eigenvalue weighted by atomic mass is 9.75. The van der Waals surface area contributed by atoms with Crippen LogP contribution in [0.2, 0.25) is 0 Å². The fourth-order valence-electron chi connectivity index (χ4n) is 2.48. The molecule has 1 aliphatic rings. The van der Waals surface area contributed by atoms with E-state index in [1.54, 1.807) is 0 Å². The van der Waals surface area contributed by atoms with Gasteiger partial charge >= 0.3 is 0 Å². The fourth-order valence-corrected chi connectivity index (χ4v) is 2.48. The molecule has 20 heavy (non-hydrogen) atoms. The van der Waals surface area contributed by atoms with E-state index in [1.165, 1.54) is 16.7 Å². The molecule has 4 N–H and O–H groups in total. The van der Waals surface area contributed by atoms with E-state index in [2.05, 4.69) is 45.1 Å². The highest BCUT2D eigenvalue weighted by Gasteiger charge is 2.29. The lowest BCUT2D eigenvalue weighted by Gasteiger charge is -2.34. The largest absolute Gasteiger partial charge is 0.399 e. The third-order valence-electron chi connectivity index (χ3n) is 3.81. The van der Waals surface area contributed by atoms with Gasteiger partial charge in [-0.15, -0.1) is 24.8 Å². The van der Waals surface area contributed by atoms with Gasteiger partial charge in [-0.05, 0) is 42.7 Å². The predicted octanol–water partition coefficient (Wildman–Crippen LogP) is 4.12. The fraction of sp³-hybridized carbons (Fsp3) is 0.375. The van der Waals surface area contributed by atoms with Gasteiger partial charge in [-0.2, -0.15) is 0 Å². The van der Waals surface area contributed by atoms with Gasteiger partial charge in [0.1, 0.15) is 0 Å². The van der Waals surface area contributed by atoms with Crippen LogP contribution in [0, 0.1) is 12.3 Å². The second-order valence-corrected chi connectivity index (χ2v) is 5.86. The molecule has 0 amide bonds. The Hall–Kier alpha value is -0.960. The summed E-state index contributed by atoms with van der Waals surface area (Å²) in [6.07, 6.45) is 4.44. The highest BCUT2D eigenvalue weighted by Crippen LogP contribution is 2.36. The Morgan fingerprint density at radius 1 is 1.10 bits per heavy atom. The molecule has 2 rings (SSSR count). The van der Waals surface area contributed by atoms with E-state index in [1.807, 2.05) is 13.0 Å². The second-order valence-electron chi connectivity index (χ2n) is 5.86. The monoisotopic (exact) mass is 314 g/mol. The first-order valence-electron chi connectivity index (χ1n) is 6.34. The van der Waals surface area contributed by atoms with Crippen LogP contribution < -0.4 is 11.5 Å². The maximum absolute atomic E-state index is 6.22. The Morgan fingerprint density at radius 3 is 2.20 bits per heavy atom. The van der Waals surface area contributed by atoms with Gasteiger partial charge in [0.25, 0.3) is 0 Å². The van der Waals surface area contributed by atoms with Crippen molar-refractivity contribution in [1.29, 1.82) is 0 Å². The highest BCUT2D eigenvalue weighted by molar-refractivity contribution is 5.85. The van der Waals surface area contributed by atoms with Crippen molar-refractivity contribution in [2.75, 3.05) is 5.73 Å². The Labute approximate surface area is 134 Å². The molecule has 112 valence electrons. The van der Waals surface area contributed by atoms with Crippen LogP contribution in [-0.2, 0) is 0 Å². The number of rotatable bonds is 1. The minimum Gasteiger partial charge on any atom is -0.399 e. The number of nitrogens with two attached hydrogens (primary N) is 2. The van der Waals surface area contributed by atoms with Crippen molar-refractivity contribution in [1.82, 2.24) is 0 Å². The molecular weight excluding hydrogens is 291 g/mol. The van der Waals surface area contributed by atoms with Crippen molar-refractivity contribution < 1.29 is 0 Å². The van der Waals surface area contributed by atoms with E-state index in [-0.39, 0.29) is 36.3 Å². The Morgan fingerprint density at radius 2 is 1.70 bits per heavy atom. The molecule has 0 bridgehead atoms. The molecule has 4 heteroatoms. The predicted molar refractivity (Wildman–Crippen MR) is 93.6 cm³/mol. The maximum Gasteiger partial charge on any atom is 0.0344 e. The van der Waals surface area contributed by atoms with E-state index in [0.29, 0.717) is 0 Å². The summed E-state index contributed by atoms with van der Waals surface area (Å²) in [6, 6.07) is 6.27. The summed E-state index contributed by atoms with van der Waals surface area (Å²) in [7, 11) is 0. The van der Waals surface area contributed by atoms with Gasteiger partial charge in [0.05, 0.1) is 0 Å². The van der Waals surface area contributed by atoms with Gasteiger partial charge in [0.15, 0.2) is 0 Å². The van der Waals surface area contributed by atoms with E-state index < -0.39 is 0 Å². The number of halogens is 2. The molecule has 0 fully saturated rings. The summed E-state index contributed by atoms with van der Waals surface area (Å²) < 4.78 is 0. The summed E-state index contributed by atoms with van der Waals surface area (Å²) in [4.78, 5) is 0. The molecular formula is C16H24Cl2N2. The van der Waals surface area contributed by atoms with Crippen molar-refractivity contribution in [3.8, 4) is 0 Å². The number of hydrogen-bond donors (Lipinski definition) is 2. The molecule has 0 spiro atoms. The number of nitrogen functional groups attached to an aromatic ring is 1. The van der Waals surface area contributed by atoms with Crippen molar-refractivity contribution >= 4 is 36.1 Å². The van der Waals surface area contributed by atoms with Crippen LogP contribution in [0.1, 0.15) is 31.9 Å². The summed E-state index contributed by atoms with van der Waals surface area (Å²) in [5.41, 5.74) is 17.7. The first kappa shape index (κ1) is 19.0. The standard InChI is InChI=1S/C16H22N2.2ClH/c1-10-7-12(5-6-14(10)17)13-8-11(2)15(18)16(3,4)9-13;;/h5-9,15H,17-18H2,1-4H3;2*1H. The number of allylic oxidation sites excluding steroid dienone is 2. The average Bonchev–Trinajstić information content (AvgIpc) is 2.29. The van der Waals surface area contributed by atoms with Crippen LogP contribution in [-0.4, -0.2) is 6.04 Å². The van der Waals surface area contributed by atoms with E-state index >= 15 is 0 Å². The number of hydrogen-bond acceptors (Lipinski definition) is 2. The normalized spacial score (nSPS) is 20.1. The smallest absolute Gasteiger partial charge is 0.0344 e. The highest BCUT2D eigenvalue weighted by atomic mass is 35.5. The molecule has 1 unspecified atom stereocenters. The van der Waals surface area contributed by atoms with Gasteiger partial charge in [0, 0.05) is 17.1 Å². The van der Waals surface area contributed by atoms with Gasteiger partial charge in [-0.3, -0.25) is 0 Å². The summed E-state index contributed by atoms with van der Waals surface area (Å²) in [5.74, 6) is 0. The van der Waals surface area contributed by atoms with Crippen molar-refractivity contribution in [3.05, 3.63) is 47.1 Å². The molecule has 1 aromatic rings. The third-order valence-corrected chi connectivity index (χ3v) is 3.81. The minimum atomic E-state index is -0.0105. The SMILES string of the molecule is CC1=CC(c2ccc(N)c(C)c2)=CC(C)(C)C1N.Cl.Cl. The van der Waals surface area contributed by atoms with Crippen LogP contribution in [0.5, 0.6) is 0 Å². The molecule has 1 aromatic carbocycles. The minimum absolute atomic E-state index is 0. The van der Waals surface area contributed by atoms with Crippen LogP contribution >= 0.6 is 24.8 Å². The van der Waals surface area contributed by atoms with Crippen molar-refractivity contribution in [2.45, 2.75) is 33.7 Å². The Kier molecular flexibility index (Phi) is 6.34. The summed E-state index contributed by atoms with van der Waals surface area (Å²) in [5, 5.41) is 0. The second kappa shape index (κ2) is 6.66. The van der Waals surface area contributed by atoms with Crippen LogP contribution in [0.25, 0.3) is 5.57 Å². The first-order valence-corrected chi connectivity index (χ1v) is 6.34. The Balaban J connectivity index is 0.00000180. The molecule has 0 radical (unpaired) electrons. The zero-order chi connectivity index (χ0) is 13.5.